The molecule has 0 aliphatic carbocycles. The Hall–Kier alpha value is -3.02. The molecule has 0 unspecified atom stereocenters. The first kappa shape index (κ1) is 18.8. The quantitative estimate of drug-likeness (QED) is 0.814. The van der Waals surface area contributed by atoms with E-state index in [9.17, 15) is 9.59 Å². The van der Waals surface area contributed by atoms with Gasteiger partial charge in [0.05, 0.1) is 13.0 Å². The van der Waals surface area contributed by atoms with E-state index in [0.29, 0.717) is 18.0 Å². The molecule has 1 aliphatic rings. The van der Waals surface area contributed by atoms with Crippen molar-refractivity contribution in [1.82, 2.24) is 4.90 Å². The Bertz CT molecular complexity index is 784. The summed E-state index contributed by atoms with van der Waals surface area (Å²) in [6.07, 6.45) is 2.38. The highest BCUT2D eigenvalue weighted by molar-refractivity contribution is 5.94. The normalized spacial score (nSPS) is 13.3. The van der Waals surface area contributed by atoms with Crippen LogP contribution in [0.4, 0.5) is 16.2 Å². The van der Waals surface area contributed by atoms with Crippen LogP contribution in [0.3, 0.4) is 0 Å². The molecule has 0 aromatic heterocycles. The first-order chi connectivity index (χ1) is 13.1. The van der Waals surface area contributed by atoms with E-state index in [1.165, 1.54) is 0 Å². The molecule has 2 aromatic carbocycles. The van der Waals surface area contributed by atoms with Crippen molar-refractivity contribution >= 4 is 23.3 Å². The number of nitrogens with zero attached hydrogens (tertiary/aromatic N) is 1. The van der Waals surface area contributed by atoms with Crippen molar-refractivity contribution < 1.29 is 14.3 Å². The van der Waals surface area contributed by atoms with Gasteiger partial charge in [0, 0.05) is 24.5 Å². The minimum Gasteiger partial charge on any atom is -0.494 e. The summed E-state index contributed by atoms with van der Waals surface area (Å²) in [5.41, 5.74) is 2.24. The molecule has 0 bridgehead atoms. The molecule has 3 amide bonds. The van der Waals surface area contributed by atoms with E-state index in [4.69, 9.17) is 4.74 Å². The molecule has 6 heteroatoms. The third-order valence-electron chi connectivity index (χ3n) is 4.39. The zero-order valence-electron chi connectivity index (χ0n) is 15.5. The molecular formula is C21H25N3O3. The predicted molar refractivity (Wildman–Crippen MR) is 106 cm³/mol. The van der Waals surface area contributed by atoms with Crippen LogP contribution >= 0.6 is 0 Å². The Morgan fingerprint density at radius 2 is 1.67 bits per heavy atom. The molecule has 3 rings (SSSR count). The molecule has 1 fully saturated rings. The van der Waals surface area contributed by atoms with Gasteiger partial charge in [-0.25, -0.2) is 4.79 Å². The smallest absolute Gasteiger partial charge is 0.321 e. The lowest BCUT2D eigenvalue weighted by Crippen LogP contribution is -2.32. The van der Waals surface area contributed by atoms with Gasteiger partial charge in [-0.2, -0.15) is 0 Å². The second-order valence-electron chi connectivity index (χ2n) is 6.51. The number of benzene rings is 2. The molecule has 2 N–H and O–H groups in total. The van der Waals surface area contributed by atoms with Crippen LogP contribution in [-0.4, -0.2) is 36.5 Å². The van der Waals surface area contributed by atoms with Crippen molar-refractivity contribution in [1.29, 1.82) is 0 Å². The molecule has 6 nitrogen and oxygen atoms in total. The number of amides is 3. The monoisotopic (exact) mass is 367 g/mol. The van der Waals surface area contributed by atoms with Crippen LogP contribution < -0.4 is 15.4 Å². The van der Waals surface area contributed by atoms with Crippen molar-refractivity contribution in [2.45, 2.75) is 26.2 Å². The standard InChI is InChI=1S/C21H25N3O3/c1-2-27-19-10-8-16(9-11-19)14-20(25)22-17-6-5-7-18(15-17)23-21(26)24-12-3-4-13-24/h5-11,15H,2-4,12-14H2,1H3,(H,22,25)(H,23,26). The Kier molecular flexibility index (Phi) is 6.30. The third kappa shape index (κ3) is 5.48. The van der Waals surface area contributed by atoms with Crippen LogP contribution in [0.15, 0.2) is 48.5 Å². The van der Waals surface area contributed by atoms with Crippen molar-refractivity contribution in [3.63, 3.8) is 0 Å². The summed E-state index contributed by atoms with van der Waals surface area (Å²) < 4.78 is 5.40. The first-order valence-electron chi connectivity index (χ1n) is 9.31. The highest BCUT2D eigenvalue weighted by Gasteiger charge is 2.17. The van der Waals surface area contributed by atoms with Crippen LogP contribution in [0.25, 0.3) is 0 Å². The minimum absolute atomic E-state index is 0.0923. The summed E-state index contributed by atoms with van der Waals surface area (Å²) in [6, 6.07) is 14.6. The van der Waals surface area contributed by atoms with Gasteiger partial charge in [-0.15, -0.1) is 0 Å². The van der Waals surface area contributed by atoms with Crippen molar-refractivity contribution in [3.05, 3.63) is 54.1 Å². The van der Waals surface area contributed by atoms with Crippen LogP contribution in [0.2, 0.25) is 0 Å². The Labute approximate surface area is 159 Å². The van der Waals surface area contributed by atoms with Crippen LogP contribution in [0.1, 0.15) is 25.3 Å². The summed E-state index contributed by atoms with van der Waals surface area (Å²) in [4.78, 5) is 26.3. The maximum absolute atomic E-state index is 12.3. The van der Waals surface area contributed by atoms with Crippen LogP contribution in [-0.2, 0) is 11.2 Å². The van der Waals surface area contributed by atoms with Gasteiger partial charge >= 0.3 is 6.03 Å². The SMILES string of the molecule is CCOc1ccc(CC(=O)Nc2cccc(NC(=O)N3CCCC3)c2)cc1. The van der Waals surface area contributed by atoms with Gasteiger partial charge in [0.25, 0.3) is 0 Å². The molecule has 1 aliphatic heterocycles. The molecule has 1 saturated heterocycles. The number of carbonyl (C=O) groups is 2. The van der Waals surface area contributed by atoms with Gasteiger partial charge in [0.15, 0.2) is 0 Å². The average molecular weight is 367 g/mol. The number of anilines is 2. The lowest BCUT2D eigenvalue weighted by molar-refractivity contribution is -0.115. The number of likely N-dealkylation sites (tertiary alicyclic amines) is 1. The molecule has 2 aromatic rings. The number of nitrogens with one attached hydrogen (secondary N) is 2. The highest BCUT2D eigenvalue weighted by Crippen LogP contribution is 2.18. The van der Waals surface area contributed by atoms with E-state index in [1.807, 2.05) is 49.4 Å². The number of rotatable bonds is 6. The highest BCUT2D eigenvalue weighted by atomic mass is 16.5. The lowest BCUT2D eigenvalue weighted by Gasteiger charge is -2.16. The average Bonchev–Trinajstić information content (AvgIpc) is 3.19. The third-order valence-corrected chi connectivity index (χ3v) is 4.39. The number of carbonyl (C=O) groups excluding carboxylic acids is 2. The molecule has 0 radical (unpaired) electrons. The van der Waals surface area contributed by atoms with Gasteiger partial charge in [0.2, 0.25) is 5.91 Å². The number of ether oxygens (including phenoxy) is 1. The second-order valence-corrected chi connectivity index (χ2v) is 6.51. The van der Waals surface area contributed by atoms with E-state index < -0.39 is 0 Å². The molecular weight excluding hydrogens is 342 g/mol. The van der Waals surface area contributed by atoms with Gasteiger partial charge in [-0.1, -0.05) is 18.2 Å². The minimum atomic E-state index is -0.109. The topological polar surface area (TPSA) is 70.7 Å². The number of urea groups is 1. The molecule has 142 valence electrons. The molecule has 27 heavy (non-hydrogen) atoms. The van der Waals surface area contributed by atoms with Crippen LogP contribution in [0, 0.1) is 0 Å². The fourth-order valence-electron chi connectivity index (χ4n) is 3.06. The zero-order valence-corrected chi connectivity index (χ0v) is 15.5. The fraction of sp³-hybridized carbons (Fsp3) is 0.333. The van der Waals surface area contributed by atoms with E-state index in [2.05, 4.69) is 10.6 Å². The van der Waals surface area contributed by atoms with Gasteiger partial charge in [-0.3, -0.25) is 4.79 Å². The van der Waals surface area contributed by atoms with Crippen molar-refractivity contribution in [2.24, 2.45) is 0 Å². The largest absolute Gasteiger partial charge is 0.494 e. The van der Waals surface area contributed by atoms with Gasteiger partial charge in [-0.05, 0) is 55.7 Å². The van der Waals surface area contributed by atoms with Gasteiger partial charge < -0.3 is 20.3 Å². The summed E-state index contributed by atoms with van der Waals surface area (Å²) >= 11 is 0. The lowest BCUT2D eigenvalue weighted by atomic mass is 10.1. The predicted octanol–water partition coefficient (Wildman–Crippen LogP) is 3.89. The Morgan fingerprint density at radius 1 is 1.00 bits per heavy atom. The number of hydrogen-bond acceptors (Lipinski definition) is 3. The van der Waals surface area contributed by atoms with E-state index in [0.717, 1.165) is 37.2 Å². The first-order valence-corrected chi connectivity index (χ1v) is 9.31. The van der Waals surface area contributed by atoms with E-state index in [1.54, 1.807) is 11.0 Å². The molecule has 0 saturated carbocycles. The second kappa shape index (κ2) is 9.07. The maximum Gasteiger partial charge on any atom is 0.321 e. The number of hydrogen-bond donors (Lipinski definition) is 2. The summed E-state index contributed by atoms with van der Waals surface area (Å²) in [7, 11) is 0. The van der Waals surface area contributed by atoms with Crippen LogP contribution in [0.5, 0.6) is 5.75 Å². The Balaban J connectivity index is 1.55. The van der Waals surface area contributed by atoms with Gasteiger partial charge in [0.1, 0.15) is 5.75 Å². The van der Waals surface area contributed by atoms with E-state index >= 15 is 0 Å². The zero-order chi connectivity index (χ0) is 19.1. The molecule has 0 spiro atoms. The van der Waals surface area contributed by atoms with Crippen molar-refractivity contribution in [3.8, 4) is 5.75 Å². The maximum atomic E-state index is 12.3. The Morgan fingerprint density at radius 3 is 2.33 bits per heavy atom. The molecule has 0 atom stereocenters. The molecule has 1 heterocycles. The summed E-state index contributed by atoms with van der Waals surface area (Å²) in [5, 5.41) is 5.77. The summed E-state index contributed by atoms with van der Waals surface area (Å²) in [5.74, 6) is 0.685. The summed E-state index contributed by atoms with van der Waals surface area (Å²) in [6.45, 7) is 4.14. The van der Waals surface area contributed by atoms with Crippen molar-refractivity contribution in [2.75, 3.05) is 30.3 Å². The fourth-order valence-corrected chi connectivity index (χ4v) is 3.06. The van der Waals surface area contributed by atoms with E-state index in [-0.39, 0.29) is 18.4 Å².